The lowest BCUT2D eigenvalue weighted by Gasteiger charge is -2.09. The third-order valence-corrected chi connectivity index (χ3v) is 2.59. The van der Waals surface area contributed by atoms with Crippen LogP contribution in [0.3, 0.4) is 0 Å². The zero-order chi connectivity index (χ0) is 11.6. The summed E-state index contributed by atoms with van der Waals surface area (Å²) >= 11 is 0. The van der Waals surface area contributed by atoms with Crippen molar-refractivity contribution in [3.05, 3.63) is 28.2 Å². The molecule has 0 aliphatic rings. The van der Waals surface area contributed by atoms with E-state index >= 15 is 0 Å². The van der Waals surface area contributed by atoms with Crippen LogP contribution < -0.4 is 10.3 Å². The van der Waals surface area contributed by atoms with Gasteiger partial charge in [-0.3, -0.25) is 9.52 Å². The van der Waals surface area contributed by atoms with Crippen LogP contribution in [0, 0.1) is 6.92 Å². The molecule has 1 aromatic heterocycles. The van der Waals surface area contributed by atoms with E-state index in [1.54, 1.807) is 13.0 Å². The molecule has 6 heteroatoms. The maximum Gasteiger partial charge on any atom is 0.275 e. The Hall–Kier alpha value is -1.30. The van der Waals surface area contributed by atoms with Gasteiger partial charge in [0.15, 0.2) is 0 Å². The molecule has 0 aliphatic carbocycles. The molecule has 0 bridgehead atoms. The Morgan fingerprint density at radius 1 is 1.40 bits per heavy atom. The molecule has 0 saturated heterocycles. The predicted octanol–water partition coefficient (Wildman–Crippen LogP) is 0.548. The van der Waals surface area contributed by atoms with Gasteiger partial charge in [-0.1, -0.05) is 0 Å². The largest absolute Gasteiger partial charge is 0.311 e. The number of aryl methyl sites for hydroxylation is 1. The zero-order valence-corrected chi connectivity index (χ0v) is 9.76. The number of rotatable bonds is 3. The lowest BCUT2D eigenvalue weighted by Crippen LogP contribution is -2.26. The number of pyridine rings is 1. The summed E-state index contributed by atoms with van der Waals surface area (Å²) in [6, 6.07) is 3.18. The van der Waals surface area contributed by atoms with Crippen LogP contribution in [0.1, 0.15) is 12.6 Å². The fourth-order valence-electron chi connectivity index (χ4n) is 1.34. The zero-order valence-electron chi connectivity index (χ0n) is 8.94. The van der Waals surface area contributed by atoms with Gasteiger partial charge in [0.2, 0.25) is 10.0 Å². The van der Waals surface area contributed by atoms with Crippen LogP contribution in [0.4, 0.5) is 5.69 Å². The number of hydrogen-bond donors (Lipinski definition) is 1. The van der Waals surface area contributed by atoms with E-state index in [1.165, 1.54) is 10.6 Å². The third-order valence-electron chi connectivity index (χ3n) is 2.00. The highest BCUT2D eigenvalue weighted by Crippen LogP contribution is 2.04. The first-order chi connectivity index (χ1) is 6.85. The van der Waals surface area contributed by atoms with Crippen LogP contribution in [-0.2, 0) is 16.6 Å². The van der Waals surface area contributed by atoms with Crippen LogP contribution in [-0.4, -0.2) is 19.2 Å². The lowest BCUT2D eigenvalue weighted by atomic mass is 10.3. The van der Waals surface area contributed by atoms with Gasteiger partial charge in [-0.25, -0.2) is 8.42 Å². The molecule has 15 heavy (non-hydrogen) atoms. The van der Waals surface area contributed by atoms with Crippen molar-refractivity contribution in [2.45, 2.75) is 20.4 Å². The molecular formula is C9H14N2O3S. The van der Waals surface area contributed by atoms with Crippen molar-refractivity contribution in [1.82, 2.24) is 4.57 Å². The van der Waals surface area contributed by atoms with E-state index in [4.69, 9.17) is 0 Å². The van der Waals surface area contributed by atoms with Crippen LogP contribution in [0.2, 0.25) is 0 Å². The van der Waals surface area contributed by atoms with E-state index < -0.39 is 10.0 Å². The van der Waals surface area contributed by atoms with E-state index in [9.17, 15) is 13.2 Å². The maximum absolute atomic E-state index is 11.7. The van der Waals surface area contributed by atoms with Crippen LogP contribution in [0.5, 0.6) is 0 Å². The van der Waals surface area contributed by atoms with Gasteiger partial charge in [0.25, 0.3) is 5.56 Å². The number of aromatic nitrogens is 1. The summed E-state index contributed by atoms with van der Waals surface area (Å²) in [6.07, 6.45) is 1.02. The molecule has 1 heterocycles. The number of nitrogens with one attached hydrogen (secondary N) is 1. The highest BCUT2D eigenvalue weighted by Gasteiger charge is 2.08. The van der Waals surface area contributed by atoms with Gasteiger partial charge in [-0.15, -0.1) is 0 Å². The normalized spacial score (nSPS) is 11.4. The molecule has 0 fully saturated rings. The smallest absolute Gasteiger partial charge is 0.275 e. The Labute approximate surface area is 88.8 Å². The summed E-state index contributed by atoms with van der Waals surface area (Å²) in [5.74, 6) is 0. The Morgan fingerprint density at radius 2 is 2.00 bits per heavy atom. The van der Waals surface area contributed by atoms with Crippen molar-refractivity contribution in [1.29, 1.82) is 0 Å². The Morgan fingerprint density at radius 3 is 2.47 bits per heavy atom. The Bertz CT molecular complexity index is 517. The molecule has 0 aromatic carbocycles. The van der Waals surface area contributed by atoms with Crippen molar-refractivity contribution >= 4 is 15.7 Å². The van der Waals surface area contributed by atoms with Crippen molar-refractivity contribution in [3.8, 4) is 0 Å². The average molecular weight is 230 g/mol. The van der Waals surface area contributed by atoms with E-state index in [2.05, 4.69) is 4.72 Å². The molecule has 5 nitrogen and oxygen atoms in total. The second-order valence-electron chi connectivity index (χ2n) is 3.31. The van der Waals surface area contributed by atoms with Crippen molar-refractivity contribution < 1.29 is 8.42 Å². The van der Waals surface area contributed by atoms with Crippen molar-refractivity contribution in [2.75, 3.05) is 11.0 Å². The first kappa shape index (κ1) is 11.8. The third kappa shape index (κ3) is 2.82. The number of nitrogens with zero attached hydrogens (tertiary/aromatic N) is 1. The van der Waals surface area contributed by atoms with Gasteiger partial charge >= 0.3 is 0 Å². The number of anilines is 1. The fraction of sp³-hybridized carbons (Fsp3) is 0.444. The van der Waals surface area contributed by atoms with Gasteiger partial charge in [-0.2, -0.15) is 0 Å². The van der Waals surface area contributed by atoms with Gasteiger partial charge in [-0.05, 0) is 26.0 Å². The Balaban J connectivity index is 3.29. The van der Waals surface area contributed by atoms with Crippen molar-refractivity contribution in [3.63, 3.8) is 0 Å². The molecule has 0 aliphatic heterocycles. The topological polar surface area (TPSA) is 68.2 Å². The summed E-state index contributed by atoms with van der Waals surface area (Å²) in [5, 5.41) is 0. The highest BCUT2D eigenvalue weighted by atomic mass is 32.2. The van der Waals surface area contributed by atoms with Crippen LogP contribution in [0.25, 0.3) is 0 Å². The van der Waals surface area contributed by atoms with Crippen LogP contribution in [0.15, 0.2) is 16.9 Å². The van der Waals surface area contributed by atoms with Gasteiger partial charge in [0.05, 0.1) is 6.26 Å². The van der Waals surface area contributed by atoms with E-state index in [0.29, 0.717) is 6.54 Å². The van der Waals surface area contributed by atoms with Crippen molar-refractivity contribution in [2.24, 2.45) is 0 Å². The first-order valence-corrected chi connectivity index (χ1v) is 6.42. The molecule has 84 valence electrons. The summed E-state index contributed by atoms with van der Waals surface area (Å²) in [4.78, 5) is 11.7. The van der Waals surface area contributed by atoms with E-state index in [-0.39, 0.29) is 11.2 Å². The molecule has 1 N–H and O–H groups in total. The average Bonchev–Trinajstić information content (AvgIpc) is 2.09. The molecular weight excluding hydrogens is 216 g/mol. The summed E-state index contributed by atoms with van der Waals surface area (Å²) in [6.45, 7) is 4.15. The van der Waals surface area contributed by atoms with E-state index in [0.717, 1.165) is 11.9 Å². The molecule has 1 rings (SSSR count). The predicted molar refractivity (Wildman–Crippen MR) is 59.6 cm³/mol. The first-order valence-electron chi connectivity index (χ1n) is 4.53. The summed E-state index contributed by atoms with van der Waals surface area (Å²) < 4.78 is 25.7. The second-order valence-corrected chi connectivity index (χ2v) is 5.06. The lowest BCUT2D eigenvalue weighted by molar-refractivity contribution is 0.606. The maximum atomic E-state index is 11.7. The Kier molecular flexibility index (Phi) is 3.18. The molecule has 0 unspecified atom stereocenters. The minimum atomic E-state index is -3.40. The molecule has 0 atom stereocenters. The standard InChI is InChI=1S/C9H14N2O3S/c1-4-11-7(2)5-6-8(9(11)12)10-15(3,13)14/h5-6,10H,4H2,1-3H3. The quantitative estimate of drug-likeness (QED) is 0.824. The molecule has 0 radical (unpaired) electrons. The SMILES string of the molecule is CCn1c(C)ccc(NS(C)(=O)=O)c1=O. The molecule has 1 aromatic rings. The van der Waals surface area contributed by atoms with Crippen LogP contribution >= 0.6 is 0 Å². The summed E-state index contributed by atoms with van der Waals surface area (Å²) in [5.41, 5.74) is 0.578. The minimum Gasteiger partial charge on any atom is -0.311 e. The minimum absolute atomic E-state index is 0.0879. The summed E-state index contributed by atoms with van der Waals surface area (Å²) in [7, 11) is -3.40. The monoisotopic (exact) mass is 230 g/mol. The highest BCUT2D eigenvalue weighted by molar-refractivity contribution is 7.92. The molecule has 0 saturated carbocycles. The number of hydrogen-bond acceptors (Lipinski definition) is 3. The fourth-order valence-corrected chi connectivity index (χ4v) is 1.90. The van der Waals surface area contributed by atoms with Gasteiger partial charge in [0.1, 0.15) is 5.69 Å². The second kappa shape index (κ2) is 4.06. The van der Waals surface area contributed by atoms with E-state index in [1.807, 2.05) is 6.92 Å². The molecule has 0 amide bonds. The van der Waals surface area contributed by atoms with Gasteiger partial charge in [0, 0.05) is 12.2 Å². The number of sulfonamides is 1. The van der Waals surface area contributed by atoms with Gasteiger partial charge < -0.3 is 4.57 Å². The molecule has 0 spiro atoms.